The highest BCUT2D eigenvalue weighted by Crippen LogP contribution is 2.26. The number of anilines is 1. The van der Waals surface area contributed by atoms with Crippen LogP contribution in [0.1, 0.15) is 29.3 Å². The Labute approximate surface area is 163 Å². The first-order valence-corrected chi connectivity index (χ1v) is 8.91. The lowest BCUT2D eigenvalue weighted by atomic mass is 10.0. The number of carbonyl (C=O) groups excluding carboxylic acids is 2. The number of nitrogens with zero attached hydrogens (tertiary/aromatic N) is 1. The van der Waals surface area contributed by atoms with Gasteiger partial charge in [0.2, 0.25) is 5.91 Å². The van der Waals surface area contributed by atoms with Crippen LogP contribution in [0.25, 0.3) is 10.8 Å². The first-order chi connectivity index (χ1) is 13.6. The van der Waals surface area contributed by atoms with Crippen molar-refractivity contribution in [2.45, 2.75) is 13.3 Å². The highest BCUT2D eigenvalue weighted by Gasteiger charge is 2.08. The van der Waals surface area contributed by atoms with Crippen molar-refractivity contribution in [2.75, 3.05) is 12.4 Å². The van der Waals surface area contributed by atoms with Gasteiger partial charge in [0.15, 0.2) is 0 Å². The van der Waals surface area contributed by atoms with Crippen LogP contribution in [0, 0.1) is 0 Å². The Morgan fingerprint density at radius 2 is 1.79 bits per heavy atom. The molecule has 6 nitrogen and oxygen atoms in total. The van der Waals surface area contributed by atoms with E-state index in [0.717, 1.165) is 16.3 Å². The van der Waals surface area contributed by atoms with Gasteiger partial charge in [-0.05, 0) is 41.1 Å². The lowest BCUT2D eigenvalue weighted by Gasteiger charge is -2.08. The number of hydrogen-bond donors (Lipinski definition) is 2. The van der Waals surface area contributed by atoms with Gasteiger partial charge in [-0.2, -0.15) is 5.10 Å². The van der Waals surface area contributed by atoms with E-state index in [1.54, 1.807) is 44.5 Å². The van der Waals surface area contributed by atoms with Crippen LogP contribution < -0.4 is 15.5 Å². The van der Waals surface area contributed by atoms with E-state index in [-0.39, 0.29) is 11.8 Å². The third kappa shape index (κ3) is 4.35. The highest BCUT2D eigenvalue weighted by atomic mass is 16.5. The largest absolute Gasteiger partial charge is 0.496 e. The molecule has 3 aromatic carbocycles. The summed E-state index contributed by atoms with van der Waals surface area (Å²) in [4.78, 5) is 23.7. The fourth-order valence-corrected chi connectivity index (χ4v) is 2.76. The molecule has 2 N–H and O–H groups in total. The van der Waals surface area contributed by atoms with Gasteiger partial charge in [0.1, 0.15) is 5.75 Å². The van der Waals surface area contributed by atoms with Crippen LogP contribution in [-0.2, 0) is 4.79 Å². The average Bonchev–Trinajstić information content (AvgIpc) is 2.74. The van der Waals surface area contributed by atoms with Crippen LogP contribution in [-0.4, -0.2) is 25.1 Å². The predicted octanol–water partition coefficient (Wildman–Crippen LogP) is 3.96. The number of methoxy groups -OCH3 is 1. The Bertz CT molecular complexity index is 1030. The van der Waals surface area contributed by atoms with E-state index in [2.05, 4.69) is 15.8 Å². The van der Waals surface area contributed by atoms with Crippen LogP contribution in [0.4, 0.5) is 5.69 Å². The van der Waals surface area contributed by atoms with Gasteiger partial charge in [0, 0.05) is 23.2 Å². The SMILES string of the molecule is CCC(=O)Nc1ccc(C(=O)NN=Cc2c(OC)ccc3ccccc23)cc1. The minimum atomic E-state index is -0.344. The minimum absolute atomic E-state index is 0.0779. The predicted molar refractivity (Wildman–Crippen MR) is 111 cm³/mol. The summed E-state index contributed by atoms with van der Waals surface area (Å²) in [6.45, 7) is 1.78. The van der Waals surface area contributed by atoms with Crippen LogP contribution in [0.3, 0.4) is 0 Å². The van der Waals surface area contributed by atoms with E-state index in [4.69, 9.17) is 4.74 Å². The number of benzene rings is 3. The number of hydrogen-bond acceptors (Lipinski definition) is 4. The molecule has 0 spiro atoms. The quantitative estimate of drug-likeness (QED) is 0.505. The van der Waals surface area contributed by atoms with Gasteiger partial charge >= 0.3 is 0 Å². The van der Waals surface area contributed by atoms with E-state index < -0.39 is 0 Å². The summed E-state index contributed by atoms with van der Waals surface area (Å²) in [5.74, 6) is 0.252. The van der Waals surface area contributed by atoms with E-state index in [1.165, 1.54) is 0 Å². The summed E-state index contributed by atoms with van der Waals surface area (Å²) in [6.07, 6.45) is 1.98. The summed E-state index contributed by atoms with van der Waals surface area (Å²) in [6, 6.07) is 18.4. The maximum absolute atomic E-state index is 12.3. The smallest absolute Gasteiger partial charge is 0.271 e. The molecule has 0 fully saturated rings. The molecule has 0 radical (unpaired) electrons. The number of fused-ring (bicyclic) bond motifs is 1. The van der Waals surface area contributed by atoms with Gasteiger partial charge in [-0.1, -0.05) is 37.3 Å². The summed E-state index contributed by atoms with van der Waals surface area (Å²) >= 11 is 0. The molecule has 0 atom stereocenters. The molecule has 0 bridgehead atoms. The zero-order valence-electron chi connectivity index (χ0n) is 15.7. The van der Waals surface area contributed by atoms with E-state index in [1.807, 2.05) is 36.4 Å². The number of amides is 2. The molecular weight excluding hydrogens is 354 g/mol. The third-order valence-corrected chi connectivity index (χ3v) is 4.26. The van der Waals surface area contributed by atoms with E-state index >= 15 is 0 Å². The molecule has 0 aliphatic heterocycles. The Hall–Kier alpha value is -3.67. The molecule has 0 aliphatic rings. The maximum Gasteiger partial charge on any atom is 0.271 e. The molecule has 0 aliphatic carbocycles. The van der Waals surface area contributed by atoms with Crippen molar-refractivity contribution in [1.82, 2.24) is 5.43 Å². The fraction of sp³-hybridized carbons (Fsp3) is 0.136. The Morgan fingerprint density at radius 3 is 2.50 bits per heavy atom. The van der Waals surface area contributed by atoms with Gasteiger partial charge in [0.05, 0.1) is 13.3 Å². The van der Waals surface area contributed by atoms with Gasteiger partial charge in [-0.3, -0.25) is 9.59 Å². The lowest BCUT2D eigenvalue weighted by molar-refractivity contribution is -0.115. The second kappa shape index (κ2) is 8.81. The monoisotopic (exact) mass is 375 g/mol. The van der Waals surface area contributed by atoms with Crippen LogP contribution in [0.2, 0.25) is 0 Å². The van der Waals surface area contributed by atoms with Gasteiger partial charge < -0.3 is 10.1 Å². The molecule has 0 heterocycles. The van der Waals surface area contributed by atoms with Gasteiger partial charge in [-0.25, -0.2) is 5.43 Å². The summed E-state index contributed by atoms with van der Waals surface area (Å²) in [7, 11) is 1.60. The highest BCUT2D eigenvalue weighted by molar-refractivity contribution is 6.03. The van der Waals surface area contributed by atoms with Crippen LogP contribution >= 0.6 is 0 Å². The summed E-state index contributed by atoms with van der Waals surface area (Å²) in [5, 5.41) is 8.86. The maximum atomic E-state index is 12.3. The van der Waals surface area contributed by atoms with Gasteiger partial charge in [0.25, 0.3) is 5.91 Å². The third-order valence-electron chi connectivity index (χ3n) is 4.26. The lowest BCUT2D eigenvalue weighted by Crippen LogP contribution is -2.17. The normalized spacial score (nSPS) is 10.8. The molecule has 0 saturated heterocycles. The zero-order valence-corrected chi connectivity index (χ0v) is 15.7. The Morgan fingerprint density at radius 1 is 1.04 bits per heavy atom. The second-order valence-electron chi connectivity index (χ2n) is 6.08. The van der Waals surface area contributed by atoms with Crippen molar-refractivity contribution in [2.24, 2.45) is 5.10 Å². The number of nitrogens with one attached hydrogen (secondary N) is 2. The minimum Gasteiger partial charge on any atom is -0.496 e. The second-order valence-corrected chi connectivity index (χ2v) is 6.08. The number of rotatable bonds is 6. The summed E-state index contributed by atoms with van der Waals surface area (Å²) < 4.78 is 5.41. The van der Waals surface area contributed by atoms with E-state index in [9.17, 15) is 9.59 Å². The van der Waals surface area contributed by atoms with Gasteiger partial charge in [-0.15, -0.1) is 0 Å². The molecule has 3 rings (SSSR count). The molecule has 0 aromatic heterocycles. The molecule has 142 valence electrons. The topological polar surface area (TPSA) is 79.8 Å². The molecule has 3 aromatic rings. The van der Waals surface area contributed by atoms with Crippen molar-refractivity contribution in [1.29, 1.82) is 0 Å². The number of carbonyl (C=O) groups is 2. The van der Waals surface area contributed by atoms with Crippen molar-refractivity contribution < 1.29 is 14.3 Å². The van der Waals surface area contributed by atoms with E-state index in [0.29, 0.717) is 23.4 Å². The molecule has 2 amide bonds. The molecule has 0 saturated carbocycles. The molecule has 0 unspecified atom stereocenters. The van der Waals surface area contributed by atoms with Crippen LogP contribution in [0.5, 0.6) is 5.75 Å². The summed E-state index contributed by atoms with van der Waals surface area (Å²) in [5.41, 5.74) is 4.40. The number of ether oxygens (including phenoxy) is 1. The van der Waals surface area contributed by atoms with Crippen molar-refractivity contribution in [3.63, 3.8) is 0 Å². The van der Waals surface area contributed by atoms with Crippen molar-refractivity contribution in [3.8, 4) is 5.75 Å². The van der Waals surface area contributed by atoms with Crippen molar-refractivity contribution in [3.05, 3.63) is 71.8 Å². The first kappa shape index (κ1) is 19.1. The Kier molecular flexibility index (Phi) is 6.01. The van der Waals surface area contributed by atoms with Crippen LogP contribution in [0.15, 0.2) is 65.8 Å². The van der Waals surface area contributed by atoms with Crippen molar-refractivity contribution >= 4 is 34.5 Å². The Balaban J connectivity index is 1.73. The molecule has 28 heavy (non-hydrogen) atoms. The standard InChI is InChI=1S/C22H21N3O3/c1-3-21(26)24-17-11-8-16(9-12-17)22(27)25-23-14-19-18-7-5-4-6-15(18)10-13-20(19)28-2/h4-14H,3H2,1-2H3,(H,24,26)(H,25,27). The average molecular weight is 375 g/mol. The zero-order chi connectivity index (χ0) is 19.9. The molecular formula is C22H21N3O3. The first-order valence-electron chi connectivity index (χ1n) is 8.91. The molecule has 6 heteroatoms. The number of hydrazone groups is 1. The fourth-order valence-electron chi connectivity index (χ4n) is 2.76.